The van der Waals surface area contributed by atoms with Crippen LogP contribution in [-0.2, 0) is 4.79 Å². The van der Waals surface area contributed by atoms with Gasteiger partial charge in [0.25, 0.3) is 5.56 Å². The lowest BCUT2D eigenvalue weighted by Gasteiger charge is -2.22. The second-order valence-electron chi connectivity index (χ2n) is 8.31. The van der Waals surface area contributed by atoms with Gasteiger partial charge in [-0.3, -0.25) is 4.79 Å². The van der Waals surface area contributed by atoms with Gasteiger partial charge in [-0.15, -0.1) is 0 Å². The minimum atomic E-state index is -1.08. The predicted molar refractivity (Wildman–Crippen MR) is 133 cm³/mol. The molecule has 1 heterocycles. The van der Waals surface area contributed by atoms with E-state index in [1.807, 2.05) is 18.2 Å². The van der Waals surface area contributed by atoms with E-state index in [0.29, 0.717) is 32.5 Å². The molecule has 0 bridgehead atoms. The van der Waals surface area contributed by atoms with Gasteiger partial charge >= 0.3 is 5.97 Å². The second kappa shape index (κ2) is 10.4. The largest absolute Gasteiger partial charge is 0.493 e. The van der Waals surface area contributed by atoms with Crippen molar-refractivity contribution in [2.45, 2.75) is 51.0 Å². The van der Waals surface area contributed by atoms with E-state index >= 15 is 0 Å². The summed E-state index contributed by atoms with van der Waals surface area (Å²) >= 11 is 3.49. The number of hydrogen-bond acceptors (Lipinski definition) is 6. The number of nitrogens with zero attached hydrogens (tertiary/aromatic N) is 3. The number of fused-ring (bicyclic) bond motifs is 1. The van der Waals surface area contributed by atoms with Crippen LogP contribution in [0.5, 0.6) is 11.5 Å². The van der Waals surface area contributed by atoms with Crippen LogP contribution in [0.1, 0.15) is 56.3 Å². The summed E-state index contributed by atoms with van der Waals surface area (Å²) < 4.78 is 12.9. The van der Waals surface area contributed by atoms with Crippen LogP contribution < -0.4 is 15.0 Å². The quantitative estimate of drug-likeness (QED) is 0.436. The zero-order chi connectivity index (χ0) is 24.2. The van der Waals surface area contributed by atoms with Gasteiger partial charge in [-0.25, -0.2) is 9.78 Å². The normalized spacial score (nSPS) is 15.5. The van der Waals surface area contributed by atoms with Crippen LogP contribution in [-0.4, -0.2) is 40.2 Å². The summed E-state index contributed by atoms with van der Waals surface area (Å²) in [6.07, 6.45) is 5.89. The zero-order valence-electron chi connectivity index (χ0n) is 19.0. The van der Waals surface area contributed by atoms with E-state index < -0.39 is 12.1 Å². The van der Waals surface area contributed by atoms with Crippen LogP contribution in [0.15, 0.2) is 50.8 Å². The summed E-state index contributed by atoms with van der Waals surface area (Å²) in [5, 5.41) is 14.2. The molecule has 0 amide bonds. The summed E-state index contributed by atoms with van der Waals surface area (Å²) in [6, 6.07) is 10.6. The summed E-state index contributed by atoms with van der Waals surface area (Å²) in [5.74, 6) is 0.415. The Balaban J connectivity index is 1.76. The van der Waals surface area contributed by atoms with E-state index in [1.54, 1.807) is 24.4 Å². The standard InChI is InChI=1S/C25H26BrN3O5/c1-15(25(31)32)34-22-13-19(26)17(12-21(22)33-2)14-27-29-23(16-8-4-3-5-9-16)28-20-11-7-6-10-18(20)24(29)30/h6-7,10-16H,3-5,8-9H2,1-2H3,(H,31,32)/t15-/m0/s1. The number of para-hydroxylation sites is 1. The van der Waals surface area contributed by atoms with Gasteiger partial charge in [-0.1, -0.05) is 31.4 Å². The molecular weight excluding hydrogens is 502 g/mol. The van der Waals surface area contributed by atoms with Gasteiger partial charge in [-0.05, 0) is 60.0 Å². The zero-order valence-corrected chi connectivity index (χ0v) is 20.6. The first-order chi connectivity index (χ1) is 16.4. The highest BCUT2D eigenvalue weighted by Gasteiger charge is 2.22. The third kappa shape index (κ3) is 4.99. The van der Waals surface area contributed by atoms with Gasteiger partial charge in [0.2, 0.25) is 0 Å². The molecule has 2 aromatic carbocycles. The van der Waals surface area contributed by atoms with E-state index in [9.17, 15) is 9.59 Å². The molecular formula is C25H26BrN3O5. The lowest BCUT2D eigenvalue weighted by atomic mass is 9.88. The molecule has 34 heavy (non-hydrogen) atoms. The SMILES string of the molecule is COc1cc(C=Nn2c(C3CCCCC3)nc3ccccc3c2=O)c(Br)cc1O[C@@H](C)C(=O)O. The fraction of sp³-hybridized carbons (Fsp3) is 0.360. The molecule has 0 radical (unpaired) electrons. The van der Waals surface area contributed by atoms with Crippen LogP contribution in [0.3, 0.4) is 0 Å². The fourth-order valence-electron chi connectivity index (χ4n) is 4.14. The van der Waals surface area contributed by atoms with Crippen molar-refractivity contribution in [3.05, 3.63) is 62.6 Å². The molecule has 1 fully saturated rings. The van der Waals surface area contributed by atoms with Crippen molar-refractivity contribution in [1.29, 1.82) is 0 Å². The fourth-order valence-corrected chi connectivity index (χ4v) is 4.56. The summed E-state index contributed by atoms with van der Waals surface area (Å²) in [5.41, 5.74) is 1.11. The second-order valence-corrected chi connectivity index (χ2v) is 9.16. The van der Waals surface area contributed by atoms with Gasteiger partial charge in [0.1, 0.15) is 5.82 Å². The van der Waals surface area contributed by atoms with Crippen LogP contribution in [0.4, 0.5) is 0 Å². The lowest BCUT2D eigenvalue weighted by molar-refractivity contribution is -0.144. The average Bonchev–Trinajstić information content (AvgIpc) is 2.84. The highest BCUT2D eigenvalue weighted by atomic mass is 79.9. The van der Waals surface area contributed by atoms with Crippen LogP contribution in [0, 0.1) is 0 Å². The van der Waals surface area contributed by atoms with E-state index in [-0.39, 0.29) is 17.2 Å². The van der Waals surface area contributed by atoms with Gasteiger partial charge in [-0.2, -0.15) is 9.78 Å². The topological polar surface area (TPSA) is 103 Å². The first kappa shape index (κ1) is 23.9. The highest BCUT2D eigenvalue weighted by molar-refractivity contribution is 9.10. The Labute approximate surface area is 205 Å². The smallest absolute Gasteiger partial charge is 0.344 e. The molecule has 3 aromatic rings. The molecule has 1 atom stereocenters. The number of carboxylic acids is 1. The molecule has 0 saturated heterocycles. The Morgan fingerprint density at radius 2 is 1.97 bits per heavy atom. The summed E-state index contributed by atoms with van der Waals surface area (Å²) in [7, 11) is 1.47. The Kier molecular flexibility index (Phi) is 7.31. The number of hydrogen-bond donors (Lipinski definition) is 1. The van der Waals surface area contributed by atoms with Crippen molar-refractivity contribution in [2.24, 2.45) is 5.10 Å². The lowest BCUT2D eigenvalue weighted by Crippen LogP contribution is -2.25. The summed E-state index contributed by atoms with van der Waals surface area (Å²) in [4.78, 5) is 29.4. The van der Waals surface area contributed by atoms with Gasteiger partial charge in [0.05, 0.1) is 24.2 Å². The number of carboxylic acid groups (broad SMARTS) is 1. The van der Waals surface area contributed by atoms with Crippen molar-refractivity contribution in [3.63, 3.8) is 0 Å². The number of aliphatic carboxylic acids is 1. The number of carbonyl (C=O) groups is 1. The molecule has 1 aliphatic rings. The summed E-state index contributed by atoms with van der Waals surface area (Å²) in [6.45, 7) is 1.44. The number of ether oxygens (including phenoxy) is 2. The molecule has 1 N–H and O–H groups in total. The molecule has 8 nitrogen and oxygen atoms in total. The van der Waals surface area contributed by atoms with Crippen molar-refractivity contribution in [1.82, 2.24) is 9.66 Å². The minimum absolute atomic E-state index is 0.175. The number of halogens is 1. The number of methoxy groups -OCH3 is 1. The van der Waals surface area contributed by atoms with E-state index in [0.717, 1.165) is 25.7 Å². The third-order valence-corrected chi connectivity index (χ3v) is 6.68. The van der Waals surface area contributed by atoms with Crippen molar-refractivity contribution < 1.29 is 19.4 Å². The molecule has 1 aliphatic carbocycles. The average molecular weight is 528 g/mol. The van der Waals surface area contributed by atoms with Crippen molar-refractivity contribution >= 4 is 39.0 Å². The monoisotopic (exact) mass is 527 g/mol. The number of rotatable bonds is 7. The molecule has 178 valence electrons. The number of aromatic nitrogens is 2. The molecule has 0 unspecified atom stereocenters. The van der Waals surface area contributed by atoms with Crippen LogP contribution in [0.2, 0.25) is 0 Å². The van der Waals surface area contributed by atoms with Gasteiger partial charge in [0, 0.05) is 16.0 Å². The maximum absolute atomic E-state index is 13.4. The molecule has 1 aromatic heterocycles. The Hall–Kier alpha value is -3.20. The third-order valence-electron chi connectivity index (χ3n) is 6.00. The van der Waals surface area contributed by atoms with Gasteiger partial charge < -0.3 is 14.6 Å². The van der Waals surface area contributed by atoms with E-state index in [1.165, 1.54) is 25.1 Å². The molecule has 0 spiro atoms. The van der Waals surface area contributed by atoms with E-state index in [2.05, 4.69) is 21.0 Å². The molecule has 9 heteroatoms. The molecule has 1 saturated carbocycles. The Morgan fingerprint density at radius 3 is 2.68 bits per heavy atom. The van der Waals surface area contributed by atoms with Crippen molar-refractivity contribution in [2.75, 3.05) is 7.11 Å². The maximum atomic E-state index is 13.4. The first-order valence-electron chi connectivity index (χ1n) is 11.2. The maximum Gasteiger partial charge on any atom is 0.344 e. The first-order valence-corrected chi connectivity index (χ1v) is 12.0. The van der Waals surface area contributed by atoms with Crippen LogP contribution >= 0.6 is 15.9 Å². The van der Waals surface area contributed by atoms with E-state index in [4.69, 9.17) is 19.6 Å². The Morgan fingerprint density at radius 1 is 1.24 bits per heavy atom. The molecule has 4 rings (SSSR count). The Bertz CT molecular complexity index is 1300. The van der Waals surface area contributed by atoms with Crippen molar-refractivity contribution in [3.8, 4) is 11.5 Å². The van der Waals surface area contributed by atoms with Gasteiger partial charge in [0.15, 0.2) is 17.6 Å². The molecule has 0 aliphatic heterocycles. The number of benzene rings is 2. The van der Waals surface area contributed by atoms with Crippen LogP contribution in [0.25, 0.3) is 10.9 Å². The predicted octanol–water partition coefficient (Wildman–Crippen LogP) is 4.95. The minimum Gasteiger partial charge on any atom is -0.493 e. The highest BCUT2D eigenvalue weighted by Crippen LogP contribution is 2.34.